The molecular formula is C19H21N5O3. The molecule has 2 aromatic heterocycles. The van der Waals surface area contributed by atoms with E-state index in [2.05, 4.69) is 20.2 Å². The lowest BCUT2D eigenvalue weighted by atomic mass is 10.2. The molecule has 0 spiro atoms. The van der Waals surface area contributed by atoms with Gasteiger partial charge in [0.15, 0.2) is 5.76 Å². The van der Waals surface area contributed by atoms with Gasteiger partial charge in [-0.1, -0.05) is 12.1 Å². The van der Waals surface area contributed by atoms with Gasteiger partial charge >= 0.3 is 0 Å². The minimum Gasteiger partial charge on any atom is -0.459 e. The number of aliphatic hydroxyl groups is 1. The largest absolute Gasteiger partial charge is 0.459 e. The Balaban J connectivity index is 1.52. The Morgan fingerprint density at radius 2 is 1.93 bits per heavy atom. The van der Waals surface area contributed by atoms with Crippen LogP contribution in [0.25, 0.3) is 10.9 Å². The van der Waals surface area contributed by atoms with E-state index in [1.54, 1.807) is 17.0 Å². The number of piperazine rings is 1. The SMILES string of the molecule is O=C(c1ccco1)N1CCN(c2nc(NCCO)c3ccccc3n2)CC1. The lowest BCUT2D eigenvalue weighted by Crippen LogP contribution is -2.49. The quantitative estimate of drug-likeness (QED) is 0.707. The number of anilines is 2. The normalized spacial score (nSPS) is 14.6. The number of carbonyl (C=O) groups is 1. The van der Waals surface area contributed by atoms with Crippen molar-refractivity contribution < 1.29 is 14.3 Å². The molecule has 8 nitrogen and oxygen atoms in total. The Labute approximate surface area is 156 Å². The number of furan rings is 1. The van der Waals surface area contributed by atoms with E-state index < -0.39 is 0 Å². The van der Waals surface area contributed by atoms with Crippen LogP contribution >= 0.6 is 0 Å². The summed E-state index contributed by atoms with van der Waals surface area (Å²) < 4.78 is 5.20. The van der Waals surface area contributed by atoms with E-state index in [0.29, 0.717) is 50.3 Å². The number of aliphatic hydroxyl groups excluding tert-OH is 1. The fourth-order valence-electron chi connectivity index (χ4n) is 3.18. The summed E-state index contributed by atoms with van der Waals surface area (Å²) in [4.78, 5) is 25.6. The molecule has 1 aromatic carbocycles. The topological polar surface area (TPSA) is 94.7 Å². The third-order valence-corrected chi connectivity index (χ3v) is 4.58. The fraction of sp³-hybridized carbons (Fsp3) is 0.316. The van der Waals surface area contributed by atoms with Crippen molar-refractivity contribution in [2.75, 3.05) is 49.5 Å². The van der Waals surface area contributed by atoms with Crippen LogP contribution in [0.15, 0.2) is 47.1 Å². The van der Waals surface area contributed by atoms with Gasteiger partial charge in [0.2, 0.25) is 5.95 Å². The maximum atomic E-state index is 12.4. The Bertz CT molecular complexity index is 920. The smallest absolute Gasteiger partial charge is 0.289 e. The monoisotopic (exact) mass is 367 g/mol. The summed E-state index contributed by atoms with van der Waals surface area (Å²) in [6, 6.07) is 11.2. The van der Waals surface area contributed by atoms with Gasteiger partial charge in [0.05, 0.1) is 18.4 Å². The Morgan fingerprint density at radius 1 is 1.11 bits per heavy atom. The molecule has 1 aliphatic rings. The second kappa shape index (κ2) is 7.63. The van der Waals surface area contributed by atoms with Crippen molar-refractivity contribution in [1.82, 2.24) is 14.9 Å². The number of rotatable bonds is 5. The summed E-state index contributed by atoms with van der Waals surface area (Å²) in [6.07, 6.45) is 1.51. The molecule has 1 aliphatic heterocycles. The first-order valence-corrected chi connectivity index (χ1v) is 8.95. The molecule has 27 heavy (non-hydrogen) atoms. The van der Waals surface area contributed by atoms with Crippen LogP contribution in [0.1, 0.15) is 10.6 Å². The second-order valence-corrected chi connectivity index (χ2v) is 6.30. The predicted molar refractivity (Wildman–Crippen MR) is 102 cm³/mol. The lowest BCUT2D eigenvalue weighted by Gasteiger charge is -2.34. The molecule has 4 rings (SSSR count). The molecule has 0 unspecified atom stereocenters. The summed E-state index contributed by atoms with van der Waals surface area (Å²) in [5.41, 5.74) is 0.844. The molecule has 140 valence electrons. The Hall–Kier alpha value is -3.13. The van der Waals surface area contributed by atoms with Crippen LogP contribution in [0.4, 0.5) is 11.8 Å². The van der Waals surface area contributed by atoms with E-state index in [9.17, 15) is 4.79 Å². The van der Waals surface area contributed by atoms with E-state index in [1.807, 2.05) is 24.3 Å². The average molecular weight is 367 g/mol. The predicted octanol–water partition coefficient (Wildman–Crippen LogP) is 1.59. The molecule has 3 aromatic rings. The standard InChI is InChI=1S/C19H21N5O3/c25-12-7-20-17-14-4-1-2-5-15(14)21-19(22-17)24-10-8-23(9-11-24)18(26)16-6-3-13-27-16/h1-6,13,25H,7-12H2,(H,20,21,22). The molecule has 0 saturated carbocycles. The molecule has 0 radical (unpaired) electrons. The van der Waals surface area contributed by atoms with Crippen LogP contribution in [0.2, 0.25) is 0 Å². The Morgan fingerprint density at radius 3 is 2.67 bits per heavy atom. The second-order valence-electron chi connectivity index (χ2n) is 6.30. The van der Waals surface area contributed by atoms with Gasteiger partial charge < -0.3 is 24.6 Å². The first kappa shape index (κ1) is 17.3. The summed E-state index contributed by atoms with van der Waals surface area (Å²) in [5, 5.41) is 13.2. The molecule has 3 heterocycles. The molecular weight excluding hydrogens is 346 g/mol. The van der Waals surface area contributed by atoms with Crippen molar-refractivity contribution in [2.24, 2.45) is 0 Å². The van der Waals surface area contributed by atoms with E-state index >= 15 is 0 Å². The maximum absolute atomic E-state index is 12.4. The highest BCUT2D eigenvalue weighted by Gasteiger charge is 2.25. The summed E-state index contributed by atoms with van der Waals surface area (Å²) in [6.45, 7) is 2.89. The lowest BCUT2D eigenvalue weighted by molar-refractivity contribution is 0.0714. The molecule has 0 bridgehead atoms. The highest BCUT2D eigenvalue weighted by Crippen LogP contribution is 2.24. The van der Waals surface area contributed by atoms with Crippen LogP contribution < -0.4 is 10.2 Å². The van der Waals surface area contributed by atoms with Gasteiger partial charge in [-0.25, -0.2) is 4.98 Å². The van der Waals surface area contributed by atoms with Gasteiger partial charge in [-0.3, -0.25) is 4.79 Å². The zero-order valence-electron chi connectivity index (χ0n) is 14.8. The number of benzene rings is 1. The van der Waals surface area contributed by atoms with Gasteiger partial charge in [0.1, 0.15) is 5.82 Å². The van der Waals surface area contributed by atoms with Crippen LogP contribution in [-0.2, 0) is 0 Å². The molecule has 2 N–H and O–H groups in total. The molecule has 0 aliphatic carbocycles. The van der Waals surface area contributed by atoms with E-state index in [1.165, 1.54) is 6.26 Å². The summed E-state index contributed by atoms with van der Waals surface area (Å²) >= 11 is 0. The molecule has 0 atom stereocenters. The van der Waals surface area contributed by atoms with Crippen LogP contribution in [-0.4, -0.2) is 65.2 Å². The first-order chi connectivity index (χ1) is 13.3. The van der Waals surface area contributed by atoms with Gasteiger partial charge in [0.25, 0.3) is 5.91 Å². The number of amides is 1. The van der Waals surface area contributed by atoms with Crippen molar-refractivity contribution in [3.63, 3.8) is 0 Å². The molecule has 8 heteroatoms. The third-order valence-electron chi connectivity index (χ3n) is 4.58. The van der Waals surface area contributed by atoms with Crippen LogP contribution in [0.5, 0.6) is 0 Å². The zero-order valence-corrected chi connectivity index (χ0v) is 14.8. The number of hydrogen-bond acceptors (Lipinski definition) is 7. The first-order valence-electron chi connectivity index (χ1n) is 8.95. The summed E-state index contributed by atoms with van der Waals surface area (Å²) in [5.74, 6) is 1.60. The van der Waals surface area contributed by atoms with Crippen LogP contribution in [0.3, 0.4) is 0 Å². The van der Waals surface area contributed by atoms with Gasteiger partial charge in [-0.15, -0.1) is 0 Å². The number of hydrogen-bond donors (Lipinski definition) is 2. The molecule has 1 saturated heterocycles. The van der Waals surface area contributed by atoms with Gasteiger partial charge in [-0.2, -0.15) is 4.98 Å². The number of fused-ring (bicyclic) bond motifs is 1. The number of carbonyl (C=O) groups excluding carboxylic acids is 1. The molecule has 1 amide bonds. The van der Waals surface area contributed by atoms with E-state index in [4.69, 9.17) is 9.52 Å². The van der Waals surface area contributed by atoms with Crippen LogP contribution in [0, 0.1) is 0 Å². The molecule has 1 fully saturated rings. The van der Waals surface area contributed by atoms with Gasteiger partial charge in [0, 0.05) is 38.1 Å². The highest BCUT2D eigenvalue weighted by atomic mass is 16.3. The number of para-hydroxylation sites is 1. The van der Waals surface area contributed by atoms with E-state index in [0.717, 1.165) is 10.9 Å². The van der Waals surface area contributed by atoms with Crippen molar-refractivity contribution >= 4 is 28.6 Å². The Kier molecular flexibility index (Phi) is 4.88. The number of aromatic nitrogens is 2. The van der Waals surface area contributed by atoms with Crippen molar-refractivity contribution in [3.8, 4) is 0 Å². The fourth-order valence-corrected chi connectivity index (χ4v) is 3.18. The number of nitrogens with one attached hydrogen (secondary N) is 1. The van der Waals surface area contributed by atoms with Gasteiger partial charge in [-0.05, 0) is 24.3 Å². The maximum Gasteiger partial charge on any atom is 0.289 e. The van der Waals surface area contributed by atoms with Crippen molar-refractivity contribution in [3.05, 3.63) is 48.4 Å². The minimum absolute atomic E-state index is 0.0290. The van der Waals surface area contributed by atoms with E-state index in [-0.39, 0.29) is 12.5 Å². The highest BCUT2D eigenvalue weighted by molar-refractivity contribution is 5.92. The van der Waals surface area contributed by atoms with Crippen molar-refractivity contribution in [1.29, 1.82) is 0 Å². The number of nitrogens with zero attached hydrogens (tertiary/aromatic N) is 4. The minimum atomic E-state index is -0.0932. The summed E-state index contributed by atoms with van der Waals surface area (Å²) in [7, 11) is 0. The van der Waals surface area contributed by atoms with Crippen molar-refractivity contribution in [2.45, 2.75) is 0 Å². The third kappa shape index (κ3) is 3.56. The average Bonchev–Trinajstić information content (AvgIpc) is 3.26. The zero-order chi connectivity index (χ0) is 18.6.